The predicted octanol–water partition coefficient (Wildman–Crippen LogP) is 3.58. The topological polar surface area (TPSA) is 43.1 Å². The van der Waals surface area contributed by atoms with Crippen LogP contribution in [0, 0.1) is 17.0 Å². The van der Waals surface area contributed by atoms with Crippen molar-refractivity contribution in [3.8, 4) is 0 Å². The largest absolute Gasteiger partial charge is 0.288 e. The van der Waals surface area contributed by atoms with Crippen LogP contribution in [-0.2, 0) is 0 Å². The van der Waals surface area contributed by atoms with Crippen molar-refractivity contribution >= 4 is 17.3 Å². The Kier molecular flexibility index (Phi) is 5.07. The molecule has 1 aromatic carbocycles. The molecule has 0 fully saturated rings. The molecule has 0 aromatic heterocycles. The average Bonchev–Trinajstić information content (AvgIpc) is 2.13. The summed E-state index contributed by atoms with van der Waals surface area (Å²) in [5, 5.41) is 10.5. The summed E-state index contributed by atoms with van der Waals surface area (Å²) in [5.41, 5.74) is 0.688. The fourth-order valence-electron chi connectivity index (χ4n) is 0.773. The Balaban J connectivity index is 0.000000671. The highest BCUT2D eigenvalue weighted by Crippen LogP contribution is 2.26. The van der Waals surface area contributed by atoms with Gasteiger partial charge in [-0.3, -0.25) is 10.1 Å². The van der Waals surface area contributed by atoms with Crippen LogP contribution < -0.4 is 0 Å². The molecule has 0 amide bonds. The summed E-state index contributed by atoms with van der Waals surface area (Å²) in [4.78, 5) is 9.80. The van der Waals surface area contributed by atoms with E-state index in [1.165, 1.54) is 6.07 Å². The molecule has 4 heteroatoms. The van der Waals surface area contributed by atoms with E-state index in [0.717, 1.165) is 5.56 Å². The molecule has 72 valence electrons. The number of nitrogens with zero attached hydrogens (tertiary/aromatic N) is 1. The van der Waals surface area contributed by atoms with Crippen molar-refractivity contribution in [3.63, 3.8) is 0 Å². The number of nitro benzene ring substituents is 1. The van der Waals surface area contributed by atoms with E-state index in [4.69, 9.17) is 11.6 Å². The van der Waals surface area contributed by atoms with Gasteiger partial charge in [0.2, 0.25) is 0 Å². The van der Waals surface area contributed by atoms with Crippen LogP contribution in [0.2, 0.25) is 5.02 Å². The molecular weight excluding hydrogens is 190 g/mol. The maximum absolute atomic E-state index is 10.3. The minimum atomic E-state index is -0.491. The second kappa shape index (κ2) is 5.54. The molecule has 0 heterocycles. The van der Waals surface area contributed by atoms with Crippen LogP contribution in [0.3, 0.4) is 0 Å². The molecule has 0 atom stereocenters. The first-order chi connectivity index (χ1) is 6.13. The van der Waals surface area contributed by atoms with Crippen molar-refractivity contribution in [1.82, 2.24) is 0 Å². The van der Waals surface area contributed by atoms with Crippen LogP contribution in [0.25, 0.3) is 0 Å². The normalized spacial score (nSPS) is 8.62. The summed E-state index contributed by atoms with van der Waals surface area (Å²) in [6.45, 7) is 5.73. The van der Waals surface area contributed by atoms with Gasteiger partial charge < -0.3 is 0 Å². The lowest BCUT2D eigenvalue weighted by Crippen LogP contribution is -1.89. The molecular formula is C9H12ClNO2. The number of aryl methyl sites for hydroxylation is 1. The molecule has 0 spiro atoms. The molecule has 0 saturated carbocycles. The zero-order chi connectivity index (χ0) is 10.4. The zero-order valence-corrected chi connectivity index (χ0v) is 8.63. The number of hydrogen-bond donors (Lipinski definition) is 0. The van der Waals surface area contributed by atoms with E-state index in [0.29, 0.717) is 0 Å². The Labute approximate surface area is 82.5 Å². The van der Waals surface area contributed by atoms with Crippen LogP contribution in [0.5, 0.6) is 0 Å². The molecule has 13 heavy (non-hydrogen) atoms. The molecule has 0 radical (unpaired) electrons. The molecule has 0 saturated heterocycles. The lowest BCUT2D eigenvalue weighted by atomic mass is 10.2. The van der Waals surface area contributed by atoms with Gasteiger partial charge in [0, 0.05) is 6.07 Å². The molecule has 0 N–H and O–H groups in total. The fourth-order valence-corrected chi connectivity index (χ4v) is 0.968. The van der Waals surface area contributed by atoms with Crippen LogP contribution in [0.1, 0.15) is 19.4 Å². The smallest absolute Gasteiger partial charge is 0.258 e. The molecule has 1 rings (SSSR count). The third kappa shape index (κ3) is 3.03. The van der Waals surface area contributed by atoms with Gasteiger partial charge in [-0.2, -0.15) is 0 Å². The van der Waals surface area contributed by atoms with Crippen molar-refractivity contribution < 1.29 is 4.92 Å². The third-order valence-corrected chi connectivity index (χ3v) is 1.86. The van der Waals surface area contributed by atoms with Crippen LogP contribution in [-0.4, -0.2) is 4.92 Å². The Hall–Kier alpha value is -1.09. The van der Waals surface area contributed by atoms with Crippen LogP contribution in [0.15, 0.2) is 18.2 Å². The molecule has 0 bridgehead atoms. The zero-order valence-electron chi connectivity index (χ0n) is 7.87. The van der Waals surface area contributed by atoms with Gasteiger partial charge in [0.15, 0.2) is 0 Å². The molecule has 0 aliphatic rings. The molecule has 1 aromatic rings. The first kappa shape index (κ1) is 11.9. The second-order valence-corrected chi connectivity index (χ2v) is 2.54. The van der Waals surface area contributed by atoms with E-state index in [9.17, 15) is 10.1 Å². The highest BCUT2D eigenvalue weighted by Gasteiger charge is 2.11. The lowest BCUT2D eigenvalue weighted by molar-refractivity contribution is -0.384. The number of halogens is 1. The van der Waals surface area contributed by atoms with E-state index in [2.05, 4.69) is 0 Å². The second-order valence-electron chi connectivity index (χ2n) is 2.17. The Morgan fingerprint density at radius 3 is 2.31 bits per heavy atom. The van der Waals surface area contributed by atoms with E-state index < -0.39 is 4.92 Å². The van der Waals surface area contributed by atoms with Gasteiger partial charge >= 0.3 is 0 Å². The van der Waals surface area contributed by atoms with Gasteiger partial charge in [0.05, 0.1) is 4.92 Å². The fraction of sp³-hybridized carbons (Fsp3) is 0.333. The van der Waals surface area contributed by atoms with E-state index >= 15 is 0 Å². The van der Waals surface area contributed by atoms with Crippen LogP contribution >= 0.6 is 11.6 Å². The number of benzene rings is 1. The molecule has 3 nitrogen and oxygen atoms in total. The van der Waals surface area contributed by atoms with Gasteiger partial charge in [-0.1, -0.05) is 37.6 Å². The third-order valence-electron chi connectivity index (χ3n) is 1.37. The van der Waals surface area contributed by atoms with Crippen LogP contribution in [0.4, 0.5) is 5.69 Å². The quantitative estimate of drug-likeness (QED) is 0.515. The first-order valence-corrected chi connectivity index (χ1v) is 4.40. The van der Waals surface area contributed by atoms with Gasteiger partial charge in [0.25, 0.3) is 5.69 Å². The highest BCUT2D eigenvalue weighted by atomic mass is 35.5. The van der Waals surface area contributed by atoms with E-state index in [1.807, 2.05) is 13.8 Å². The minimum Gasteiger partial charge on any atom is -0.258 e. The van der Waals surface area contributed by atoms with Gasteiger partial charge in [-0.05, 0) is 12.5 Å². The lowest BCUT2D eigenvalue weighted by Gasteiger charge is -1.96. The van der Waals surface area contributed by atoms with Gasteiger partial charge in [0.1, 0.15) is 5.02 Å². The standard InChI is InChI=1S/C7H6ClNO2.C2H6/c1-5-3-2-4-6(7(5)8)9(10)11;1-2/h2-4H,1H3;1-2H3. The highest BCUT2D eigenvalue weighted by molar-refractivity contribution is 6.33. The number of rotatable bonds is 1. The Morgan fingerprint density at radius 1 is 1.38 bits per heavy atom. The summed E-state index contributed by atoms with van der Waals surface area (Å²) in [5.74, 6) is 0. The van der Waals surface area contributed by atoms with Gasteiger partial charge in [-0.25, -0.2) is 0 Å². The minimum absolute atomic E-state index is 0.0355. The summed E-state index contributed by atoms with van der Waals surface area (Å²) in [6.07, 6.45) is 0. The average molecular weight is 202 g/mol. The molecule has 0 unspecified atom stereocenters. The number of hydrogen-bond acceptors (Lipinski definition) is 2. The van der Waals surface area contributed by atoms with E-state index in [-0.39, 0.29) is 10.7 Å². The SMILES string of the molecule is CC.Cc1cccc([N+](=O)[O-])c1Cl. The van der Waals surface area contributed by atoms with Crippen molar-refractivity contribution in [1.29, 1.82) is 0 Å². The van der Waals surface area contributed by atoms with E-state index in [1.54, 1.807) is 19.1 Å². The number of nitro groups is 1. The van der Waals surface area contributed by atoms with Gasteiger partial charge in [-0.15, -0.1) is 0 Å². The summed E-state index contributed by atoms with van der Waals surface area (Å²) in [6, 6.07) is 4.73. The van der Waals surface area contributed by atoms with Crippen molar-refractivity contribution in [2.75, 3.05) is 0 Å². The summed E-state index contributed by atoms with van der Waals surface area (Å²) >= 11 is 5.65. The molecule has 0 aliphatic carbocycles. The Bertz CT molecular complexity index is 300. The van der Waals surface area contributed by atoms with Crippen molar-refractivity contribution in [2.45, 2.75) is 20.8 Å². The maximum Gasteiger partial charge on any atom is 0.288 e. The maximum atomic E-state index is 10.3. The predicted molar refractivity (Wildman–Crippen MR) is 54.2 cm³/mol. The summed E-state index contributed by atoms with van der Waals surface area (Å²) in [7, 11) is 0. The first-order valence-electron chi connectivity index (χ1n) is 4.02. The molecule has 0 aliphatic heterocycles. The monoisotopic (exact) mass is 201 g/mol. The van der Waals surface area contributed by atoms with Crippen molar-refractivity contribution in [3.05, 3.63) is 38.9 Å². The summed E-state index contributed by atoms with van der Waals surface area (Å²) < 4.78 is 0. The Morgan fingerprint density at radius 2 is 1.92 bits per heavy atom. The van der Waals surface area contributed by atoms with Crippen molar-refractivity contribution in [2.24, 2.45) is 0 Å².